The van der Waals surface area contributed by atoms with Gasteiger partial charge in [0.25, 0.3) is 5.56 Å². The van der Waals surface area contributed by atoms with Crippen molar-refractivity contribution in [1.29, 1.82) is 0 Å². The summed E-state index contributed by atoms with van der Waals surface area (Å²) in [6.45, 7) is 5.46. The summed E-state index contributed by atoms with van der Waals surface area (Å²) in [7, 11) is 0. The van der Waals surface area contributed by atoms with E-state index in [1.54, 1.807) is 22.8 Å². The number of amides is 1. The van der Waals surface area contributed by atoms with Crippen molar-refractivity contribution in [2.24, 2.45) is 0 Å². The van der Waals surface area contributed by atoms with Gasteiger partial charge in [-0.05, 0) is 37.6 Å². The number of thioether (sulfide) groups is 1. The van der Waals surface area contributed by atoms with Gasteiger partial charge in [0.1, 0.15) is 0 Å². The third-order valence-corrected chi connectivity index (χ3v) is 6.36. The van der Waals surface area contributed by atoms with E-state index in [0.29, 0.717) is 40.7 Å². The monoisotopic (exact) mass is 457 g/mol. The molecule has 0 radical (unpaired) electrons. The maximum Gasteiger partial charge on any atom is 0.262 e. The third kappa shape index (κ3) is 5.11. The highest BCUT2D eigenvalue weighted by molar-refractivity contribution is 7.99. The summed E-state index contributed by atoms with van der Waals surface area (Å²) in [5.74, 6) is 0.214. The highest BCUT2D eigenvalue weighted by Crippen LogP contribution is 2.22. The maximum atomic E-state index is 13.3. The van der Waals surface area contributed by atoms with Crippen LogP contribution in [0.15, 0.2) is 58.5 Å². The minimum atomic E-state index is -0.144. The first-order valence-electron chi connectivity index (χ1n) is 10.2. The number of rotatable bonds is 5. The van der Waals surface area contributed by atoms with Crippen LogP contribution in [0.5, 0.6) is 0 Å². The number of ether oxygens (including phenoxy) is 1. The molecular weight excluding hydrogens is 434 g/mol. The Labute approximate surface area is 190 Å². The zero-order valence-corrected chi connectivity index (χ0v) is 19.0. The first-order valence-corrected chi connectivity index (χ1v) is 11.6. The van der Waals surface area contributed by atoms with Gasteiger partial charge in [0, 0.05) is 18.1 Å². The average Bonchev–Trinajstić information content (AvgIpc) is 2.74. The van der Waals surface area contributed by atoms with Crippen LogP contribution in [0.4, 0.5) is 0 Å². The molecule has 4 rings (SSSR count). The Balaban J connectivity index is 1.64. The third-order valence-electron chi connectivity index (χ3n) is 5.16. The van der Waals surface area contributed by atoms with Crippen molar-refractivity contribution in [3.05, 3.63) is 69.5 Å². The second kappa shape index (κ2) is 9.42. The normalized spacial score (nSPS) is 19.0. The molecule has 31 heavy (non-hydrogen) atoms. The molecule has 3 aromatic rings. The number of hydrogen-bond donors (Lipinski definition) is 0. The number of fused-ring (bicyclic) bond motifs is 1. The van der Waals surface area contributed by atoms with Gasteiger partial charge in [-0.15, -0.1) is 0 Å². The molecule has 1 aromatic heterocycles. The van der Waals surface area contributed by atoms with Crippen LogP contribution in [-0.4, -0.2) is 51.4 Å². The molecule has 0 N–H and O–H groups in total. The van der Waals surface area contributed by atoms with Gasteiger partial charge in [-0.3, -0.25) is 14.2 Å². The number of nitrogens with zero attached hydrogens (tertiary/aromatic N) is 3. The summed E-state index contributed by atoms with van der Waals surface area (Å²) in [5.41, 5.74) is 1.38. The maximum absolute atomic E-state index is 13.3. The van der Waals surface area contributed by atoms with E-state index in [1.807, 2.05) is 49.1 Å². The number of carbonyl (C=O) groups excluding carboxylic acids is 1. The Morgan fingerprint density at radius 2 is 1.87 bits per heavy atom. The quantitative estimate of drug-likeness (QED) is 0.430. The Bertz CT molecular complexity index is 1140. The molecule has 2 aromatic carbocycles. The Morgan fingerprint density at radius 3 is 2.58 bits per heavy atom. The highest BCUT2D eigenvalue weighted by atomic mass is 35.5. The first-order chi connectivity index (χ1) is 14.9. The van der Waals surface area contributed by atoms with Crippen molar-refractivity contribution >= 4 is 40.2 Å². The predicted octanol–water partition coefficient (Wildman–Crippen LogP) is 3.83. The zero-order valence-electron chi connectivity index (χ0n) is 17.5. The van der Waals surface area contributed by atoms with Crippen LogP contribution in [0, 0.1) is 0 Å². The first kappa shape index (κ1) is 21.9. The van der Waals surface area contributed by atoms with E-state index >= 15 is 0 Å². The molecule has 6 nitrogen and oxygen atoms in total. The Morgan fingerprint density at radius 1 is 1.16 bits per heavy atom. The number of hydrogen-bond acceptors (Lipinski definition) is 5. The lowest BCUT2D eigenvalue weighted by Gasteiger charge is -2.35. The van der Waals surface area contributed by atoms with E-state index in [-0.39, 0.29) is 29.4 Å². The minimum Gasteiger partial charge on any atom is -0.372 e. The van der Waals surface area contributed by atoms with Gasteiger partial charge in [0.2, 0.25) is 5.91 Å². The van der Waals surface area contributed by atoms with Crippen LogP contribution in [-0.2, 0) is 16.1 Å². The van der Waals surface area contributed by atoms with Crippen molar-refractivity contribution in [3.8, 4) is 0 Å². The lowest BCUT2D eigenvalue weighted by atomic mass is 10.2. The smallest absolute Gasteiger partial charge is 0.262 e. The molecule has 1 amide bonds. The average molecular weight is 458 g/mol. The number of halogens is 1. The lowest BCUT2D eigenvalue weighted by Crippen LogP contribution is -2.48. The molecular formula is C23H24ClN3O3S. The van der Waals surface area contributed by atoms with Gasteiger partial charge < -0.3 is 9.64 Å². The van der Waals surface area contributed by atoms with Gasteiger partial charge in [0.05, 0.1) is 35.4 Å². The SMILES string of the molecule is C[C@H]1CN(C(=O)CSc2nc3cc(Cl)ccc3c(=O)n2Cc2ccccc2)C[C@H](C)O1. The van der Waals surface area contributed by atoms with Gasteiger partial charge in [-0.1, -0.05) is 53.7 Å². The van der Waals surface area contributed by atoms with Gasteiger partial charge >= 0.3 is 0 Å². The molecule has 2 heterocycles. The molecule has 0 spiro atoms. The standard InChI is InChI=1S/C23H24ClN3O3S/c1-15-11-26(12-16(2)30-15)21(28)14-31-23-25-20-10-18(24)8-9-19(20)22(29)27(23)13-17-6-4-3-5-7-17/h3-10,15-16H,11-14H2,1-2H3/t15-,16-/m0/s1. The van der Waals surface area contributed by atoms with E-state index in [9.17, 15) is 9.59 Å². The summed E-state index contributed by atoms with van der Waals surface area (Å²) in [4.78, 5) is 32.6. The van der Waals surface area contributed by atoms with Gasteiger partial charge in [0.15, 0.2) is 5.16 Å². The van der Waals surface area contributed by atoms with Crippen LogP contribution in [0.1, 0.15) is 19.4 Å². The molecule has 1 aliphatic heterocycles. The van der Waals surface area contributed by atoms with Crippen LogP contribution in [0.3, 0.4) is 0 Å². The van der Waals surface area contributed by atoms with Crippen LogP contribution in [0.2, 0.25) is 5.02 Å². The summed E-state index contributed by atoms with van der Waals surface area (Å²) < 4.78 is 7.35. The van der Waals surface area contributed by atoms with E-state index in [1.165, 1.54) is 11.8 Å². The van der Waals surface area contributed by atoms with Crippen molar-refractivity contribution in [2.45, 2.75) is 37.8 Å². The van der Waals surface area contributed by atoms with Crippen LogP contribution in [0.25, 0.3) is 10.9 Å². The van der Waals surface area contributed by atoms with Crippen molar-refractivity contribution in [1.82, 2.24) is 14.5 Å². The topological polar surface area (TPSA) is 64.4 Å². The van der Waals surface area contributed by atoms with Crippen molar-refractivity contribution in [3.63, 3.8) is 0 Å². The predicted molar refractivity (Wildman–Crippen MR) is 124 cm³/mol. The van der Waals surface area contributed by atoms with Crippen LogP contribution >= 0.6 is 23.4 Å². The number of carbonyl (C=O) groups is 1. The molecule has 1 saturated heterocycles. The number of aromatic nitrogens is 2. The molecule has 8 heteroatoms. The van der Waals surface area contributed by atoms with Gasteiger partial charge in [-0.25, -0.2) is 4.98 Å². The summed E-state index contributed by atoms with van der Waals surface area (Å²) in [6.07, 6.45) is 0.0183. The zero-order chi connectivity index (χ0) is 22.0. The molecule has 0 bridgehead atoms. The molecule has 0 unspecified atom stereocenters. The molecule has 0 aliphatic carbocycles. The molecule has 162 valence electrons. The molecule has 1 fully saturated rings. The fraction of sp³-hybridized carbons (Fsp3) is 0.348. The second-order valence-corrected chi connectivity index (χ2v) is 9.16. The van der Waals surface area contributed by atoms with Crippen LogP contribution < -0.4 is 5.56 Å². The summed E-state index contributed by atoms with van der Waals surface area (Å²) in [6, 6.07) is 14.8. The molecule has 0 saturated carbocycles. The van der Waals surface area contributed by atoms with E-state index < -0.39 is 0 Å². The fourth-order valence-electron chi connectivity index (χ4n) is 3.79. The van der Waals surface area contributed by atoms with E-state index in [4.69, 9.17) is 16.3 Å². The Hall–Kier alpha value is -2.35. The fourth-order valence-corrected chi connectivity index (χ4v) is 4.86. The lowest BCUT2D eigenvalue weighted by molar-refractivity contribution is -0.140. The van der Waals surface area contributed by atoms with Crippen molar-refractivity contribution < 1.29 is 9.53 Å². The largest absolute Gasteiger partial charge is 0.372 e. The Kier molecular flexibility index (Phi) is 6.65. The molecule has 1 aliphatic rings. The van der Waals surface area contributed by atoms with E-state index in [2.05, 4.69) is 4.98 Å². The summed E-state index contributed by atoms with van der Waals surface area (Å²) >= 11 is 7.40. The van der Waals surface area contributed by atoms with Gasteiger partial charge in [-0.2, -0.15) is 0 Å². The molecule has 2 atom stereocenters. The minimum absolute atomic E-state index is 0.00916. The highest BCUT2D eigenvalue weighted by Gasteiger charge is 2.26. The number of benzene rings is 2. The van der Waals surface area contributed by atoms with E-state index in [0.717, 1.165) is 5.56 Å². The number of morpholine rings is 1. The summed E-state index contributed by atoms with van der Waals surface area (Å²) in [5, 5.41) is 1.53. The van der Waals surface area contributed by atoms with Crippen molar-refractivity contribution in [2.75, 3.05) is 18.8 Å². The second-order valence-electron chi connectivity index (χ2n) is 7.78.